The van der Waals surface area contributed by atoms with Crippen molar-refractivity contribution in [1.82, 2.24) is 16.0 Å². The highest BCUT2D eigenvalue weighted by molar-refractivity contribution is 7.98. The third kappa shape index (κ3) is 12.8. The molecule has 5 atom stereocenters. The molecular weight excluding hydrogens is 484 g/mol. The summed E-state index contributed by atoms with van der Waals surface area (Å²) < 4.78 is 0. The Morgan fingerprint density at radius 2 is 1.21 bits per heavy atom. The Labute approximate surface area is 210 Å². The lowest BCUT2D eigenvalue weighted by atomic mass is 9.98. The number of nitrogens with one attached hydrogen (secondary N) is 3. The Kier molecular flexibility index (Phi) is 17.6. The van der Waals surface area contributed by atoms with Gasteiger partial charge in [0.05, 0.1) is 6.04 Å². The van der Waals surface area contributed by atoms with Gasteiger partial charge < -0.3 is 26.8 Å². The summed E-state index contributed by atoms with van der Waals surface area (Å²) in [5, 5.41) is 17.5. The Balaban J connectivity index is 5.41. The van der Waals surface area contributed by atoms with Crippen LogP contribution in [0.2, 0.25) is 0 Å². The molecule has 0 heterocycles. The van der Waals surface area contributed by atoms with Crippen LogP contribution in [0.25, 0.3) is 0 Å². The van der Waals surface area contributed by atoms with Crippen LogP contribution in [0.5, 0.6) is 0 Å². The summed E-state index contributed by atoms with van der Waals surface area (Å²) in [5.41, 5.74) is 5.94. The molecule has 0 spiro atoms. The lowest BCUT2D eigenvalue weighted by Gasteiger charge is -2.26. The van der Waals surface area contributed by atoms with Crippen LogP contribution >= 0.6 is 35.3 Å². The van der Waals surface area contributed by atoms with Gasteiger partial charge in [0.2, 0.25) is 17.7 Å². The number of nitrogens with two attached hydrogens (primary N) is 1. The van der Waals surface area contributed by atoms with Crippen LogP contribution in [-0.4, -0.2) is 89.0 Å². The topological polar surface area (TPSA) is 151 Å². The summed E-state index contributed by atoms with van der Waals surface area (Å²) in [5.74, 6) is -0.845. The molecule has 192 valence electrons. The molecule has 5 unspecified atom stereocenters. The van der Waals surface area contributed by atoms with Crippen molar-refractivity contribution in [2.24, 2.45) is 11.7 Å². The largest absolute Gasteiger partial charge is 0.480 e. The van der Waals surface area contributed by atoms with Crippen molar-refractivity contribution in [3.63, 3.8) is 0 Å². The first-order valence-corrected chi connectivity index (χ1v) is 15.2. The molecule has 0 aliphatic heterocycles. The van der Waals surface area contributed by atoms with Gasteiger partial charge in [-0.25, -0.2) is 4.79 Å². The Bertz CT molecular complexity index is 627. The van der Waals surface area contributed by atoms with E-state index in [1.54, 1.807) is 18.7 Å². The van der Waals surface area contributed by atoms with Crippen molar-refractivity contribution in [3.05, 3.63) is 0 Å². The van der Waals surface area contributed by atoms with Crippen LogP contribution in [0, 0.1) is 5.92 Å². The van der Waals surface area contributed by atoms with Crippen molar-refractivity contribution in [1.29, 1.82) is 0 Å². The summed E-state index contributed by atoms with van der Waals surface area (Å²) in [7, 11) is 0. The van der Waals surface area contributed by atoms with Gasteiger partial charge in [0, 0.05) is 0 Å². The normalized spacial score (nSPS) is 15.6. The van der Waals surface area contributed by atoms with Crippen molar-refractivity contribution in [3.8, 4) is 0 Å². The van der Waals surface area contributed by atoms with Crippen molar-refractivity contribution in [2.45, 2.75) is 63.7 Å². The van der Waals surface area contributed by atoms with E-state index in [4.69, 9.17) is 5.73 Å². The standard InChI is InChI=1S/C21H40N4O5S3/c1-6-13(2)17(21(29)30)25-20(28)16(9-12-33-5)24-19(27)15(8-11-32-4)23-18(26)14(22)7-10-31-3/h13-17H,6-12,22H2,1-5H3,(H,23,26)(H,24,27)(H,25,28)(H,29,30). The fourth-order valence-corrected chi connectivity index (χ4v) is 4.31. The SMILES string of the molecule is CCC(C)C(NC(=O)C(CCSC)NC(=O)C(CCSC)NC(=O)C(N)CCSC)C(=O)O. The van der Waals surface area contributed by atoms with Gasteiger partial charge in [-0.15, -0.1) is 0 Å². The first kappa shape index (κ1) is 31.9. The van der Waals surface area contributed by atoms with E-state index >= 15 is 0 Å². The quantitative estimate of drug-likeness (QED) is 0.178. The Hall–Kier alpha value is -1.11. The first-order chi connectivity index (χ1) is 15.6. The predicted octanol–water partition coefficient (Wildman–Crippen LogP) is 1.16. The Morgan fingerprint density at radius 3 is 1.64 bits per heavy atom. The van der Waals surface area contributed by atoms with E-state index in [1.807, 2.05) is 25.7 Å². The third-order valence-electron chi connectivity index (χ3n) is 5.23. The van der Waals surface area contributed by atoms with E-state index in [-0.39, 0.29) is 5.92 Å². The molecule has 0 saturated heterocycles. The minimum atomic E-state index is -1.11. The molecule has 3 amide bonds. The zero-order chi connectivity index (χ0) is 25.4. The molecule has 9 nitrogen and oxygen atoms in total. The van der Waals surface area contributed by atoms with Gasteiger partial charge in [0.25, 0.3) is 0 Å². The summed E-state index contributed by atoms with van der Waals surface area (Å²) in [6.45, 7) is 3.60. The average molecular weight is 525 g/mol. The molecule has 0 bridgehead atoms. The zero-order valence-electron chi connectivity index (χ0n) is 20.2. The van der Waals surface area contributed by atoms with Gasteiger partial charge in [0.15, 0.2) is 0 Å². The van der Waals surface area contributed by atoms with E-state index in [0.717, 1.165) is 5.75 Å². The summed E-state index contributed by atoms with van der Waals surface area (Å²) >= 11 is 4.64. The molecule has 0 aromatic rings. The smallest absolute Gasteiger partial charge is 0.326 e. The van der Waals surface area contributed by atoms with Gasteiger partial charge in [-0.1, -0.05) is 20.3 Å². The molecule has 0 aromatic heterocycles. The number of rotatable bonds is 18. The maximum absolute atomic E-state index is 13.0. The maximum atomic E-state index is 13.0. The van der Waals surface area contributed by atoms with Crippen molar-refractivity contribution >= 4 is 59.0 Å². The fourth-order valence-electron chi connectivity index (χ4n) is 2.87. The molecule has 0 aliphatic carbocycles. The van der Waals surface area contributed by atoms with E-state index in [1.165, 1.54) is 23.5 Å². The number of thioether (sulfide) groups is 3. The summed E-state index contributed by atoms with van der Waals surface area (Å²) in [6, 6.07) is -3.50. The van der Waals surface area contributed by atoms with E-state index in [2.05, 4.69) is 16.0 Å². The predicted molar refractivity (Wildman–Crippen MR) is 140 cm³/mol. The number of carbonyl (C=O) groups excluding carboxylic acids is 3. The van der Waals surface area contributed by atoms with E-state index in [9.17, 15) is 24.3 Å². The highest BCUT2D eigenvalue weighted by atomic mass is 32.2. The van der Waals surface area contributed by atoms with Crippen LogP contribution in [0.3, 0.4) is 0 Å². The number of hydrogen-bond donors (Lipinski definition) is 5. The highest BCUT2D eigenvalue weighted by Crippen LogP contribution is 2.10. The lowest BCUT2D eigenvalue weighted by molar-refractivity contribution is -0.143. The molecule has 12 heteroatoms. The number of aliphatic carboxylic acids is 1. The first-order valence-electron chi connectivity index (χ1n) is 11.0. The molecule has 0 aliphatic rings. The number of carboxylic acid groups (broad SMARTS) is 1. The monoisotopic (exact) mass is 524 g/mol. The van der Waals surface area contributed by atoms with E-state index < -0.39 is 47.9 Å². The lowest BCUT2D eigenvalue weighted by Crippen LogP contribution is -2.58. The second-order valence-electron chi connectivity index (χ2n) is 7.78. The van der Waals surface area contributed by atoms with Gasteiger partial charge >= 0.3 is 5.97 Å². The molecule has 6 N–H and O–H groups in total. The van der Waals surface area contributed by atoms with Gasteiger partial charge in [-0.2, -0.15) is 35.3 Å². The van der Waals surface area contributed by atoms with Crippen LogP contribution in [0.15, 0.2) is 0 Å². The second kappa shape index (κ2) is 18.2. The number of carboxylic acids is 1. The summed E-state index contributed by atoms with van der Waals surface area (Å²) in [4.78, 5) is 50.0. The zero-order valence-corrected chi connectivity index (χ0v) is 22.7. The maximum Gasteiger partial charge on any atom is 0.326 e. The Morgan fingerprint density at radius 1 is 0.788 bits per heavy atom. The van der Waals surface area contributed by atoms with Crippen molar-refractivity contribution < 1.29 is 24.3 Å². The number of carbonyl (C=O) groups is 4. The molecule has 0 aromatic carbocycles. The minimum Gasteiger partial charge on any atom is -0.480 e. The number of amides is 3. The van der Waals surface area contributed by atoms with Gasteiger partial charge in [-0.05, 0) is 61.2 Å². The summed E-state index contributed by atoms with van der Waals surface area (Å²) in [6.07, 6.45) is 7.50. The van der Waals surface area contributed by atoms with E-state index in [0.29, 0.717) is 37.2 Å². The van der Waals surface area contributed by atoms with Crippen molar-refractivity contribution in [2.75, 3.05) is 36.0 Å². The van der Waals surface area contributed by atoms with Crippen LogP contribution in [0.1, 0.15) is 39.5 Å². The number of hydrogen-bond acceptors (Lipinski definition) is 8. The average Bonchev–Trinajstić information content (AvgIpc) is 2.79. The molecule has 33 heavy (non-hydrogen) atoms. The third-order valence-corrected chi connectivity index (χ3v) is 7.17. The van der Waals surface area contributed by atoms with Gasteiger partial charge in [-0.3, -0.25) is 14.4 Å². The molecular formula is C21H40N4O5S3. The molecule has 0 saturated carbocycles. The van der Waals surface area contributed by atoms with Crippen LogP contribution in [-0.2, 0) is 19.2 Å². The van der Waals surface area contributed by atoms with Crippen LogP contribution in [0.4, 0.5) is 0 Å². The second-order valence-corrected chi connectivity index (χ2v) is 10.7. The minimum absolute atomic E-state index is 0.264. The molecule has 0 rings (SSSR count). The molecule has 0 radical (unpaired) electrons. The highest BCUT2D eigenvalue weighted by Gasteiger charge is 2.31. The molecule has 0 fully saturated rings. The fraction of sp³-hybridized carbons (Fsp3) is 0.810. The van der Waals surface area contributed by atoms with Gasteiger partial charge in [0.1, 0.15) is 18.1 Å². The van der Waals surface area contributed by atoms with Crippen LogP contribution < -0.4 is 21.7 Å².